The summed E-state index contributed by atoms with van der Waals surface area (Å²) in [5.74, 6) is -0.328. The normalized spacial score (nSPS) is 14.6. The second kappa shape index (κ2) is 3.75. The molecule has 0 saturated carbocycles. The Morgan fingerprint density at radius 3 is 3.29 bits per heavy atom. The van der Waals surface area contributed by atoms with Gasteiger partial charge in [0.15, 0.2) is 0 Å². The number of pyridine rings is 1. The molecule has 4 nitrogen and oxygen atoms in total. The number of aromatic nitrogens is 1. The number of rotatable bonds is 1. The van der Waals surface area contributed by atoms with E-state index in [9.17, 15) is 4.79 Å². The fraction of sp³-hybridized carbons (Fsp3) is 0.400. The molecule has 0 radical (unpaired) electrons. The first-order valence-corrected chi connectivity index (χ1v) is 4.58. The van der Waals surface area contributed by atoms with Crippen LogP contribution in [0.5, 0.6) is 0 Å². The third kappa shape index (κ3) is 1.61. The second-order valence-corrected chi connectivity index (χ2v) is 3.25. The van der Waals surface area contributed by atoms with Gasteiger partial charge in [-0.15, -0.1) is 0 Å². The minimum atomic E-state index is -0.328. The highest BCUT2D eigenvalue weighted by atomic mass is 16.5. The lowest BCUT2D eigenvalue weighted by molar-refractivity contribution is 0.0600. The van der Waals surface area contributed by atoms with E-state index in [0.29, 0.717) is 5.56 Å². The Bertz CT molecular complexity index is 363. The van der Waals surface area contributed by atoms with Gasteiger partial charge in [0, 0.05) is 31.4 Å². The molecule has 1 aliphatic rings. The quantitative estimate of drug-likeness (QED) is 0.659. The van der Waals surface area contributed by atoms with Gasteiger partial charge in [-0.05, 0) is 11.6 Å². The zero-order valence-corrected chi connectivity index (χ0v) is 8.04. The molecule has 0 aliphatic carbocycles. The summed E-state index contributed by atoms with van der Waals surface area (Å²) in [5.41, 5.74) is 2.70. The van der Waals surface area contributed by atoms with Crippen molar-refractivity contribution in [3.05, 3.63) is 29.1 Å². The van der Waals surface area contributed by atoms with Gasteiger partial charge in [0.05, 0.1) is 12.7 Å². The van der Waals surface area contributed by atoms with E-state index < -0.39 is 0 Å². The molecule has 0 saturated heterocycles. The van der Waals surface area contributed by atoms with Crippen molar-refractivity contribution < 1.29 is 9.53 Å². The van der Waals surface area contributed by atoms with Crippen molar-refractivity contribution in [1.29, 1.82) is 0 Å². The van der Waals surface area contributed by atoms with Gasteiger partial charge in [-0.2, -0.15) is 0 Å². The Labute approximate surface area is 82.3 Å². The first-order chi connectivity index (χ1) is 6.81. The number of ether oxygens (including phenoxy) is 1. The van der Waals surface area contributed by atoms with E-state index in [1.54, 1.807) is 6.20 Å². The predicted molar refractivity (Wildman–Crippen MR) is 51.0 cm³/mol. The summed E-state index contributed by atoms with van der Waals surface area (Å²) in [5, 5.41) is 3.23. The average molecular weight is 192 g/mol. The summed E-state index contributed by atoms with van der Waals surface area (Å²) >= 11 is 0. The largest absolute Gasteiger partial charge is 0.465 e. The average Bonchev–Trinajstić information content (AvgIpc) is 2.27. The third-order valence-corrected chi connectivity index (χ3v) is 2.34. The molecule has 74 valence electrons. The molecule has 0 spiro atoms. The monoisotopic (exact) mass is 192 g/mol. The van der Waals surface area contributed by atoms with Crippen LogP contribution in [0.15, 0.2) is 12.3 Å². The van der Waals surface area contributed by atoms with Crippen LogP contribution in [0.25, 0.3) is 0 Å². The zero-order chi connectivity index (χ0) is 9.97. The minimum absolute atomic E-state index is 0.328. The number of hydrogen-bond donors (Lipinski definition) is 1. The Kier molecular flexibility index (Phi) is 2.45. The topological polar surface area (TPSA) is 51.2 Å². The van der Waals surface area contributed by atoms with Gasteiger partial charge in [0.25, 0.3) is 0 Å². The lowest BCUT2D eigenvalue weighted by atomic mass is 10.1. The van der Waals surface area contributed by atoms with Crippen LogP contribution in [-0.2, 0) is 17.7 Å². The molecule has 2 rings (SSSR count). The summed E-state index contributed by atoms with van der Waals surface area (Å²) < 4.78 is 4.63. The first kappa shape index (κ1) is 9.15. The molecular weight excluding hydrogens is 180 g/mol. The van der Waals surface area contributed by atoms with Crippen LogP contribution in [0.2, 0.25) is 0 Å². The molecular formula is C10H12N2O2. The van der Waals surface area contributed by atoms with Crippen LogP contribution < -0.4 is 5.32 Å². The molecule has 1 aliphatic heterocycles. The maximum absolute atomic E-state index is 11.2. The fourth-order valence-electron chi connectivity index (χ4n) is 1.58. The number of fused-ring (bicyclic) bond motifs is 1. The zero-order valence-electron chi connectivity index (χ0n) is 8.04. The Hall–Kier alpha value is -1.42. The van der Waals surface area contributed by atoms with Crippen molar-refractivity contribution in [3.8, 4) is 0 Å². The third-order valence-electron chi connectivity index (χ3n) is 2.34. The van der Waals surface area contributed by atoms with E-state index in [0.717, 1.165) is 30.8 Å². The van der Waals surface area contributed by atoms with Crippen LogP contribution in [-0.4, -0.2) is 24.6 Å². The van der Waals surface area contributed by atoms with Gasteiger partial charge in [-0.3, -0.25) is 4.98 Å². The van der Waals surface area contributed by atoms with Crippen LogP contribution in [0, 0.1) is 0 Å². The van der Waals surface area contributed by atoms with Crippen molar-refractivity contribution in [2.75, 3.05) is 13.7 Å². The number of nitrogens with zero attached hydrogens (tertiary/aromatic N) is 1. The van der Waals surface area contributed by atoms with Crippen LogP contribution in [0.3, 0.4) is 0 Å². The summed E-state index contributed by atoms with van der Waals surface area (Å²) in [6, 6.07) is 1.85. The van der Waals surface area contributed by atoms with Gasteiger partial charge in [-0.25, -0.2) is 4.79 Å². The van der Waals surface area contributed by atoms with E-state index in [2.05, 4.69) is 15.0 Å². The predicted octanol–water partition coefficient (Wildman–Crippen LogP) is 0.514. The molecule has 0 unspecified atom stereocenters. The van der Waals surface area contributed by atoms with E-state index in [1.165, 1.54) is 7.11 Å². The Morgan fingerprint density at radius 2 is 2.50 bits per heavy atom. The van der Waals surface area contributed by atoms with Crippen molar-refractivity contribution in [2.24, 2.45) is 0 Å². The first-order valence-electron chi connectivity index (χ1n) is 4.58. The standard InChI is InChI=1S/C10H12N2O2/c1-14-10(13)8-4-7-5-11-3-2-9(7)12-6-8/h4,6,11H,2-3,5H2,1H3. The summed E-state index contributed by atoms with van der Waals surface area (Å²) in [7, 11) is 1.38. The summed E-state index contributed by atoms with van der Waals surface area (Å²) in [4.78, 5) is 15.5. The molecule has 0 atom stereocenters. The molecule has 0 aromatic carbocycles. The van der Waals surface area contributed by atoms with E-state index >= 15 is 0 Å². The number of methoxy groups -OCH3 is 1. The number of carbonyl (C=O) groups excluding carboxylic acids is 1. The van der Waals surface area contributed by atoms with Gasteiger partial charge >= 0.3 is 5.97 Å². The lowest BCUT2D eigenvalue weighted by Gasteiger charge is -2.16. The van der Waals surface area contributed by atoms with Crippen LogP contribution >= 0.6 is 0 Å². The SMILES string of the molecule is COC(=O)c1cnc2c(c1)CNCC2. The Morgan fingerprint density at radius 1 is 1.64 bits per heavy atom. The van der Waals surface area contributed by atoms with E-state index in [-0.39, 0.29) is 5.97 Å². The number of nitrogens with one attached hydrogen (secondary N) is 1. The Balaban J connectivity index is 2.33. The molecule has 0 bridgehead atoms. The highest BCUT2D eigenvalue weighted by molar-refractivity contribution is 5.89. The molecule has 14 heavy (non-hydrogen) atoms. The van der Waals surface area contributed by atoms with Gasteiger partial charge in [0.2, 0.25) is 0 Å². The second-order valence-electron chi connectivity index (χ2n) is 3.25. The smallest absolute Gasteiger partial charge is 0.339 e. The summed E-state index contributed by atoms with van der Waals surface area (Å²) in [6.45, 7) is 1.74. The number of hydrogen-bond acceptors (Lipinski definition) is 4. The van der Waals surface area contributed by atoms with Crippen molar-refractivity contribution >= 4 is 5.97 Å². The number of esters is 1. The fourth-order valence-corrected chi connectivity index (χ4v) is 1.58. The van der Waals surface area contributed by atoms with E-state index in [4.69, 9.17) is 0 Å². The molecule has 1 N–H and O–H groups in total. The van der Waals surface area contributed by atoms with Crippen LogP contribution in [0.4, 0.5) is 0 Å². The molecule has 0 amide bonds. The minimum Gasteiger partial charge on any atom is -0.465 e. The summed E-state index contributed by atoms with van der Waals surface area (Å²) in [6.07, 6.45) is 2.51. The maximum Gasteiger partial charge on any atom is 0.339 e. The van der Waals surface area contributed by atoms with Crippen molar-refractivity contribution in [2.45, 2.75) is 13.0 Å². The highest BCUT2D eigenvalue weighted by Gasteiger charge is 2.13. The molecule has 1 aromatic heterocycles. The van der Waals surface area contributed by atoms with Crippen molar-refractivity contribution in [3.63, 3.8) is 0 Å². The number of carbonyl (C=O) groups is 1. The van der Waals surface area contributed by atoms with Crippen LogP contribution in [0.1, 0.15) is 21.6 Å². The lowest BCUT2D eigenvalue weighted by Crippen LogP contribution is -2.25. The molecule has 2 heterocycles. The van der Waals surface area contributed by atoms with Gasteiger partial charge in [0.1, 0.15) is 0 Å². The highest BCUT2D eigenvalue weighted by Crippen LogP contribution is 2.13. The molecule has 0 fully saturated rings. The molecule has 4 heteroatoms. The molecule has 1 aromatic rings. The van der Waals surface area contributed by atoms with Crippen molar-refractivity contribution in [1.82, 2.24) is 10.3 Å². The maximum atomic E-state index is 11.2. The van der Waals surface area contributed by atoms with E-state index in [1.807, 2.05) is 6.07 Å². The van der Waals surface area contributed by atoms with Gasteiger partial charge in [-0.1, -0.05) is 0 Å². The van der Waals surface area contributed by atoms with Gasteiger partial charge < -0.3 is 10.1 Å².